The van der Waals surface area contributed by atoms with Gasteiger partial charge in [-0.2, -0.15) is 0 Å². The Balaban J connectivity index is 0. The van der Waals surface area contributed by atoms with Crippen LogP contribution in [0.4, 0.5) is 0 Å². The average Bonchev–Trinajstić information content (AvgIpc) is 1.50. The molecule has 0 atom stereocenters. The Hall–Kier alpha value is 2.18. The predicted octanol–water partition coefficient (Wildman–Crippen LogP) is -0.000600. The Morgan fingerprint density at radius 2 is 0.750 bits per heavy atom. The third-order valence-corrected chi connectivity index (χ3v) is 0. The van der Waals surface area contributed by atoms with Crippen molar-refractivity contribution in [1.29, 1.82) is 0 Å². The molecule has 4 heteroatoms. The molecule has 0 unspecified atom stereocenters. The van der Waals surface area contributed by atoms with Gasteiger partial charge in [0.05, 0.1) is 0 Å². The van der Waals surface area contributed by atoms with Gasteiger partial charge in [0.25, 0.3) is 0 Å². The van der Waals surface area contributed by atoms with Gasteiger partial charge in [0, 0.05) is 0 Å². The third kappa shape index (κ3) is 8.89. The van der Waals surface area contributed by atoms with E-state index in [1.54, 1.807) is 0 Å². The van der Waals surface area contributed by atoms with Crippen molar-refractivity contribution in [3.05, 3.63) is 0 Å². The molecule has 0 radical (unpaired) electrons. The van der Waals surface area contributed by atoms with Crippen LogP contribution < -0.4 is 0 Å². The standard InChI is InChI=1S/2In.2S.2H. The molecule has 0 aliphatic heterocycles. The van der Waals surface area contributed by atoms with Crippen molar-refractivity contribution in [2.45, 2.75) is 0 Å². The summed E-state index contributed by atoms with van der Waals surface area (Å²) in [7, 11) is 8.51. The summed E-state index contributed by atoms with van der Waals surface area (Å²) in [5.41, 5.74) is 0. The Labute approximate surface area is 61.4 Å². The van der Waals surface area contributed by atoms with Crippen LogP contribution in [0.2, 0.25) is 0 Å². The van der Waals surface area contributed by atoms with Gasteiger partial charge in [0.2, 0.25) is 0 Å². The first-order valence-corrected chi connectivity index (χ1v) is 11.6. The minimum absolute atomic E-state index is 0.733. The van der Waals surface area contributed by atoms with E-state index in [9.17, 15) is 0 Å². The van der Waals surface area contributed by atoms with Crippen LogP contribution in [0.15, 0.2) is 0 Å². The first-order valence-electron chi connectivity index (χ1n) is 0.577. The average molecular weight is 296 g/mol. The monoisotopic (exact) mass is 296 g/mol. The van der Waals surface area contributed by atoms with Crippen molar-refractivity contribution >= 4 is 62.5 Å². The van der Waals surface area contributed by atoms with Crippen LogP contribution in [-0.4, -0.2) is 44.7 Å². The van der Waals surface area contributed by atoms with E-state index in [0.29, 0.717) is 0 Å². The molecular formula is H2In2S2. The second kappa shape index (κ2) is 19.0. The molecule has 0 N–H and O–H groups in total. The minimum atomic E-state index is 0.733. The Kier molecular flexibility index (Phi) is 45.2. The van der Waals surface area contributed by atoms with E-state index in [1.165, 1.54) is 0 Å². The molecule has 0 aromatic rings. The van der Waals surface area contributed by atoms with Crippen LogP contribution in [0.3, 0.4) is 0 Å². The molecule has 0 heterocycles. The van der Waals surface area contributed by atoms with Crippen LogP contribution in [0.5, 0.6) is 0 Å². The van der Waals surface area contributed by atoms with E-state index < -0.39 is 0 Å². The van der Waals surface area contributed by atoms with Gasteiger partial charge < -0.3 is 0 Å². The summed E-state index contributed by atoms with van der Waals surface area (Å²) < 4.78 is 0. The van der Waals surface area contributed by atoms with Crippen molar-refractivity contribution in [3.63, 3.8) is 0 Å². The molecule has 0 rings (SSSR count). The van der Waals surface area contributed by atoms with Gasteiger partial charge in [0.1, 0.15) is 0 Å². The fourth-order valence-corrected chi connectivity index (χ4v) is 0. The molecule has 0 bridgehead atoms. The van der Waals surface area contributed by atoms with Gasteiger partial charge in [-0.15, -0.1) is 0 Å². The zero-order chi connectivity index (χ0) is 4.00. The van der Waals surface area contributed by atoms with Crippen LogP contribution >= 0.6 is 17.8 Å². The van der Waals surface area contributed by atoms with Crippen molar-refractivity contribution in [2.75, 3.05) is 0 Å². The summed E-state index contributed by atoms with van der Waals surface area (Å²) in [5.74, 6) is 0. The zero-order valence-corrected chi connectivity index (χ0v) is 11.9. The normalized spacial score (nSPS) is 1.50. The van der Waals surface area contributed by atoms with Gasteiger partial charge in [0.15, 0.2) is 0 Å². The van der Waals surface area contributed by atoms with E-state index in [0.717, 1.165) is 44.7 Å². The first-order chi connectivity index (χ1) is 2.00. The van der Waals surface area contributed by atoms with Crippen LogP contribution in [-0.2, 0) is 0 Å². The topological polar surface area (TPSA) is 0 Å². The summed E-state index contributed by atoms with van der Waals surface area (Å²) in [5, 5.41) is 0. The zero-order valence-electron chi connectivity index (χ0n) is 2.23. The van der Waals surface area contributed by atoms with Crippen LogP contribution in [0.1, 0.15) is 0 Å². The Bertz CT molecular complexity index is 6.00. The second-order valence-electron chi connectivity index (χ2n) is 0. The number of hydrogen-bond acceptors (Lipinski definition) is 2. The molecule has 0 saturated carbocycles. The van der Waals surface area contributed by atoms with E-state index in [2.05, 4.69) is 17.8 Å². The molecule has 0 aromatic heterocycles. The molecule has 0 nitrogen and oxygen atoms in total. The maximum absolute atomic E-state index is 4.25. The van der Waals surface area contributed by atoms with Crippen LogP contribution in [0.25, 0.3) is 0 Å². The number of rotatable bonds is 0. The summed E-state index contributed by atoms with van der Waals surface area (Å²) in [6.45, 7) is 0. The molecule has 20 valence electrons. The van der Waals surface area contributed by atoms with Crippen molar-refractivity contribution in [3.8, 4) is 0 Å². The van der Waals surface area contributed by atoms with Gasteiger partial charge in [-0.25, -0.2) is 0 Å². The molecule has 0 aliphatic carbocycles. The molecule has 4 heavy (non-hydrogen) atoms. The first kappa shape index (κ1) is 9.49. The van der Waals surface area contributed by atoms with Gasteiger partial charge >= 0.3 is 62.5 Å². The second-order valence-corrected chi connectivity index (χ2v) is 0. The van der Waals surface area contributed by atoms with E-state index >= 15 is 0 Å². The van der Waals surface area contributed by atoms with Crippen molar-refractivity contribution in [2.24, 2.45) is 0 Å². The maximum atomic E-state index is 4.25. The van der Waals surface area contributed by atoms with Crippen molar-refractivity contribution in [1.82, 2.24) is 0 Å². The van der Waals surface area contributed by atoms with Crippen molar-refractivity contribution < 1.29 is 0 Å². The van der Waals surface area contributed by atoms with Gasteiger partial charge in [-0.3, -0.25) is 0 Å². The Morgan fingerprint density at radius 3 is 0.750 bits per heavy atom. The van der Waals surface area contributed by atoms with Crippen LogP contribution in [0, 0.1) is 0 Å². The van der Waals surface area contributed by atoms with Gasteiger partial charge in [-0.1, -0.05) is 0 Å². The van der Waals surface area contributed by atoms with E-state index in [1.807, 2.05) is 0 Å². The summed E-state index contributed by atoms with van der Waals surface area (Å²) in [4.78, 5) is 0. The van der Waals surface area contributed by atoms with Gasteiger partial charge in [-0.05, 0) is 0 Å². The molecule has 0 saturated heterocycles. The third-order valence-electron chi connectivity index (χ3n) is 0. The molecule has 0 spiro atoms. The molecule has 0 amide bonds. The SMILES string of the molecule is [S]=[InH].[S]=[InH]. The summed E-state index contributed by atoms with van der Waals surface area (Å²) in [6.07, 6.45) is 0. The predicted molar refractivity (Wildman–Crippen MR) is 29.5 cm³/mol. The molecule has 0 aromatic carbocycles. The fraction of sp³-hybridized carbons (Fsp3) is 0. The molecule has 0 fully saturated rings. The summed E-state index contributed by atoms with van der Waals surface area (Å²) in [6, 6.07) is 0. The molecular weight excluding hydrogens is 294 g/mol. The molecule has 0 aliphatic rings. The number of hydrogen-bond donors (Lipinski definition) is 0. The van der Waals surface area contributed by atoms with E-state index in [-0.39, 0.29) is 0 Å². The Morgan fingerprint density at radius 1 is 0.750 bits per heavy atom. The summed E-state index contributed by atoms with van der Waals surface area (Å²) >= 11 is 1.47. The fourth-order valence-electron chi connectivity index (χ4n) is 0. The quantitative estimate of drug-likeness (QED) is 0.617. The van der Waals surface area contributed by atoms with E-state index in [4.69, 9.17) is 0 Å².